The van der Waals surface area contributed by atoms with Crippen molar-refractivity contribution in [3.63, 3.8) is 0 Å². The maximum absolute atomic E-state index is 12.5. The molecule has 3 nitrogen and oxygen atoms in total. The number of H-pyrrole nitrogens is 1. The highest BCUT2D eigenvalue weighted by atomic mass is 16.1. The van der Waals surface area contributed by atoms with E-state index in [1.54, 1.807) is 6.20 Å². The predicted molar refractivity (Wildman–Crippen MR) is 78.7 cm³/mol. The van der Waals surface area contributed by atoms with Crippen LogP contribution in [0.1, 0.15) is 27.2 Å². The fourth-order valence-corrected chi connectivity index (χ4v) is 2.63. The van der Waals surface area contributed by atoms with E-state index in [2.05, 4.69) is 22.1 Å². The van der Waals surface area contributed by atoms with Gasteiger partial charge in [0.25, 0.3) is 0 Å². The Kier molecular flexibility index (Phi) is 2.33. The topological polar surface area (TPSA) is 45.8 Å². The average molecular weight is 260 g/mol. The van der Waals surface area contributed by atoms with Crippen molar-refractivity contribution < 1.29 is 4.79 Å². The first-order valence-corrected chi connectivity index (χ1v) is 6.59. The Morgan fingerprint density at radius 2 is 2.15 bits per heavy atom. The van der Waals surface area contributed by atoms with E-state index in [0.29, 0.717) is 11.3 Å². The summed E-state index contributed by atoms with van der Waals surface area (Å²) in [4.78, 5) is 19.8. The van der Waals surface area contributed by atoms with Crippen molar-refractivity contribution in [1.29, 1.82) is 0 Å². The molecular weight excluding hydrogens is 248 g/mol. The fraction of sp³-hybridized carbons (Fsp3) is 0.0588. The first kappa shape index (κ1) is 11.2. The van der Waals surface area contributed by atoms with Crippen LogP contribution >= 0.6 is 0 Å². The third-order valence-electron chi connectivity index (χ3n) is 3.68. The number of aromatic nitrogens is 2. The monoisotopic (exact) mass is 260 g/mol. The van der Waals surface area contributed by atoms with Gasteiger partial charge in [0.05, 0.1) is 5.69 Å². The lowest BCUT2D eigenvalue weighted by molar-refractivity contribution is 0.103. The maximum Gasteiger partial charge on any atom is 0.209 e. The van der Waals surface area contributed by atoms with Gasteiger partial charge in [-0.25, -0.2) is 4.98 Å². The molecule has 0 aliphatic heterocycles. The molecule has 2 aromatic heterocycles. The SMILES string of the molecule is O=C(c1ccc2c(c1)C=CC2)c1cc2cccnc2[nH]1. The van der Waals surface area contributed by atoms with Gasteiger partial charge in [0.2, 0.25) is 5.78 Å². The summed E-state index contributed by atoms with van der Waals surface area (Å²) in [6, 6.07) is 11.6. The minimum absolute atomic E-state index is 0.00565. The van der Waals surface area contributed by atoms with Crippen LogP contribution in [-0.4, -0.2) is 15.8 Å². The van der Waals surface area contributed by atoms with Crippen LogP contribution in [0.25, 0.3) is 17.1 Å². The summed E-state index contributed by atoms with van der Waals surface area (Å²) >= 11 is 0. The third kappa shape index (κ3) is 1.67. The average Bonchev–Trinajstić information content (AvgIpc) is 3.11. The molecule has 1 N–H and O–H groups in total. The lowest BCUT2D eigenvalue weighted by atomic mass is 10.0. The van der Waals surface area contributed by atoms with E-state index in [4.69, 9.17) is 0 Å². The predicted octanol–water partition coefficient (Wildman–Crippen LogP) is 3.36. The Morgan fingerprint density at radius 1 is 1.20 bits per heavy atom. The Morgan fingerprint density at radius 3 is 3.05 bits per heavy atom. The summed E-state index contributed by atoms with van der Waals surface area (Å²) < 4.78 is 0. The zero-order valence-electron chi connectivity index (χ0n) is 10.8. The van der Waals surface area contributed by atoms with Gasteiger partial charge in [0.15, 0.2) is 0 Å². The number of nitrogens with one attached hydrogen (secondary N) is 1. The minimum atomic E-state index is 0.00565. The number of hydrogen-bond acceptors (Lipinski definition) is 2. The molecule has 0 spiro atoms. The van der Waals surface area contributed by atoms with E-state index < -0.39 is 0 Å². The van der Waals surface area contributed by atoms with Gasteiger partial charge < -0.3 is 4.98 Å². The Balaban J connectivity index is 1.78. The number of carbonyl (C=O) groups excluding carboxylic acids is 1. The minimum Gasteiger partial charge on any atom is -0.337 e. The van der Waals surface area contributed by atoms with Crippen LogP contribution in [-0.2, 0) is 6.42 Å². The summed E-state index contributed by atoms with van der Waals surface area (Å²) in [6.45, 7) is 0. The van der Waals surface area contributed by atoms with E-state index in [1.165, 1.54) is 5.56 Å². The van der Waals surface area contributed by atoms with Crippen LogP contribution in [0.5, 0.6) is 0 Å². The highest BCUT2D eigenvalue weighted by Crippen LogP contribution is 2.22. The maximum atomic E-state index is 12.5. The van der Waals surface area contributed by atoms with Gasteiger partial charge in [-0.15, -0.1) is 0 Å². The Bertz CT molecular complexity index is 825. The standard InChI is InChI=1S/C17H12N2O/c20-16(13-7-6-11-3-1-4-12(11)9-13)15-10-14-5-2-8-18-17(14)19-15/h1-2,4-10H,3H2,(H,18,19). The largest absolute Gasteiger partial charge is 0.337 e. The first-order valence-electron chi connectivity index (χ1n) is 6.59. The molecule has 0 unspecified atom stereocenters. The van der Waals surface area contributed by atoms with Crippen molar-refractivity contribution in [2.24, 2.45) is 0 Å². The van der Waals surface area contributed by atoms with Crippen molar-refractivity contribution in [2.45, 2.75) is 6.42 Å². The number of rotatable bonds is 2. The van der Waals surface area contributed by atoms with Gasteiger partial charge in [-0.2, -0.15) is 0 Å². The summed E-state index contributed by atoms with van der Waals surface area (Å²) in [6.07, 6.45) is 6.86. The number of aromatic amines is 1. The van der Waals surface area contributed by atoms with Crippen LogP contribution in [0.4, 0.5) is 0 Å². The molecule has 3 heteroatoms. The van der Waals surface area contributed by atoms with Gasteiger partial charge in [-0.05, 0) is 41.8 Å². The van der Waals surface area contributed by atoms with E-state index in [9.17, 15) is 4.79 Å². The van der Waals surface area contributed by atoms with E-state index in [0.717, 1.165) is 23.0 Å². The number of nitrogens with zero attached hydrogens (tertiary/aromatic N) is 1. The van der Waals surface area contributed by atoms with Gasteiger partial charge in [-0.3, -0.25) is 4.79 Å². The summed E-state index contributed by atoms with van der Waals surface area (Å²) in [7, 11) is 0. The summed E-state index contributed by atoms with van der Waals surface area (Å²) in [5.74, 6) is 0.00565. The molecule has 0 amide bonds. The number of fused-ring (bicyclic) bond motifs is 2. The second kappa shape index (κ2) is 4.17. The molecule has 2 heterocycles. The molecule has 0 radical (unpaired) electrons. The van der Waals surface area contributed by atoms with Gasteiger partial charge in [0.1, 0.15) is 5.65 Å². The molecule has 1 aliphatic carbocycles. The van der Waals surface area contributed by atoms with E-state index in [1.807, 2.05) is 36.4 Å². The molecule has 96 valence electrons. The third-order valence-corrected chi connectivity index (χ3v) is 3.68. The normalized spacial score (nSPS) is 12.8. The van der Waals surface area contributed by atoms with Crippen molar-refractivity contribution in [2.75, 3.05) is 0 Å². The molecule has 1 aliphatic rings. The Hall–Kier alpha value is -2.68. The van der Waals surface area contributed by atoms with Crippen molar-refractivity contribution in [3.8, 4) is 0 Å². The Labute approximate surface area is 116 Å². The molecular formula is C17H12N2O. The smallest absolute Gasteiger partial charge is 0.209 e. The molecule has 0 fully saturated rings. The van der Waals surface area contributed by atoms with Crippen molar-refractivity contribution >= 4 is 22.9 Å². The van der Waals surface area contributed by atoms with E-state index in [-0.39, 0.29) is 5.78 Å². The molecule has 0 atom stereocenters. The number of pyridine rings is 1. The van der Waals surface area contributed by atoms with Gasteiger partial charge >= 0.3 is 0 Å². The molecule has 1 aromatic carbocycles. The second-order valence-corrected chi connectivity index (χ2v) is 4.97. The fourth-order valence-electron chi connectivity index (χ4n) is 2.63. The summed E-state index contributed by atoms with van der Waals surface area (Å²) in [5, 5.41) is 0.955. The number of ketones is 1. The van der Waals surface area contributed by atoms with Crippen LogP contribution in [0, 0.1) is 0 Å². The molecule has 0 saturated heterocycles. The van der Waals surface area contributed by atoms with Crippen LogP contribution < -0.4 is 0 Å². The second-order valence-electron chi connectivity index (χ2n) is 4.97. The highest BCUT2D eigenvalue weighted by molar-refractivity contribution is 6.10. The molecule has 0 bridgehead atoms. The lowest BCUT2D eigenvalue weighted by Gasteiger charge is -2.02. The van der Waals surface area contributed by atoms with Crippen LogP contribution in [0.2, 0.25) is 0 Å². The quantitative estimate of drug-likeness (QED) is 0.718. The van der Waals surface area contributed by atoms with Crippen molar-refractivity contribution in [3.05, 3.63) is 71.1 Å². The highest BCUT2D eigenvalue weighted by Gasteiger charge is 2.14. The zero-order valence-corrected chi connectivity index (χ0v) is 10.8. The number of benzene rings is 1. The number of hydrogen-bond donors (Lipinski definition) is 1. The number of carbonyl (C=O) groups is 1. The molecule has 4 rings (SSSR count). The van der Waals surface area contributed by atoms with Gasteiger partial charge in [0, 0.05) is 17.1 Å². The number of allylic oxidation sites excluding steroid dienone is 1. The van der Waals surface area contributed by atoms with Crippen molar-refractivity contribution in [1.82, 2.24) is 9.97 Å². The van der Waals surface area contributed by atoms with E-state index >= 15 is 0 Å². The van der Waals surface area contributed by atoms with Crippen LogP contribution in [0.3, 0.4) is 0 Å². The molecule has 20 heavy (non-hydrogen) atoms. The van der Waals surface area contributed by atoms with Crippen LogP contribution in [0.15, 0.2) is 48.7 Å². The summed E-state index contributed by atoms with van der Waals surface area (Å²) in [5.41, 5.74) is 4.46. The molecule has 3 aromatic rings. The molecule has 0 saturated carbocycles. The lowest BCUT2D eigenvalue weighted by Crippen LogP contribution is -2.02. The first-order chi connectivity index (χ1) is 9.81. The zero-order chi connectivity index (χ0) is 13.5. The van der Waals surface area contributed by atoms with Gasteiger partial charge in [-0.1, -0.05) is 24.3 Å².